The largest absolute Gasteiger partial charge is 0.389 e. The lowest BCUT2D eigenvalue weighted by Gasteiger charge is -2.09. The average Bonchev–Trinajstić information content (AvgIpc) is 1.82. The summed E-state index contributed by atoms with van der Waals surface area (Å²) in [5, 5.41) is -1.13. The maximum absolute atomic E-state index is 11.6. The van der Waals surface area contributed by atoms with Crippen molar-refractivity contribution in [3.63, 3.8) is 0 Å². The highest BCUT2D eigenvalue weighted by Crippen LogP contribution is 2.23. The van der Waals surface area contributed by atoms with Crippen molar-refractivity contribution >= 4 is 10.1 Å². The molecule has 0 aromatic heterocycles. The van der Waals surface area contributed by atoms with Crippen LogP contribution in [-0.2, 0) is 10.1 Å². The Balaban J connectivity index is 3.80. The summed E-state index contributed by atoms with van der Waals surface area (Å²) in [5.41, 5.74) is 0. The van der Waals surface area contributed by atoms with Gasteiger partial charge in [0.2, 0.25) is 0 Å². The Labute approximate surface area is 74.7 Å². The molecule has 0 aliphatic heterocycles. The zero-order valence-corrected chi connectivity index (χ0v) is 7.82. The van der Waals surface area contributed by atoms with E-state index in [1.807, 2.05) is 0 Å². The van der Waals surface area contributed by atoms with E-state index in [1.54, 1.807) is 0 Å². The second-order valence-corrected chi connectivity index (χ2v) is 4.67. The molecule has 0 fully saturated rings. The van der Waals surface area contributed by atoms with Crippen LogP contribution in [-0.4, -0.2) is 24.4 Å². The van der Waals surface area contributed by atoms with Gasteiger partial charge in [0, 0.05) is 6.42 Å². The lowest BCUT2D eigenvalue weighted by Crippen LogP contribution is -2.17. The molecule has 3 nitrogen and oxygen atoms in total. The van der Waals surface area contributed by atoms with Crippen LogP contribution in [0.2, 0.25) is 0 Å². The Kier molecular flexibility index (Phi) is 4.18. The molecule has 1 N–H and O–H groups in total. The van der Waals surface area contributed by atoms with E-state index in [0.29, 0.717) is 0 Å². The van der Waals surface area contributed by atoms with Crippen molar-refractivity contribution in [2.45, 2.75) is 37.6 Å². The first-order chi connectivity index (χ1) is 5.63. The summed E-state index contributed by atoms with van der Waals surface area (Å²) in [6, 6.07) is 0. The summed E-state index contributed by atoms with van der Waals surface area (Å²) in [4.78, 5) is 0. The second kappa shape index (κ2) is 4.28. The monoisotopic (exact) mass is 220 g/mol. The number of hydrogen-bond acceptors (Lipinski definition) is 2. The van der Waals surface area contributed by atoms with Crippen molar-refractivity contribution in [2.24, 2.45) is 0 Å². The molecule has 0 spiro atoms. The highest BCUT2D eigenvalue weighted by molar-refractivity contribution is 7.86. The Morgan fingerprint density at radius 2 is 1.85 bits per heavy atom. The number of halogens is 3. The molecule has 0 aliphatic rings. The van der Waals surface area contributed by atoms with E-state index in [-0.39, 0.29) is 12.8 Å². The van der Waals surface area contributed by atoms with Gasteiger partial charge < -0.3 is 0 Å². The van der Waals surface area contributed by atoms with E-state index >= 15 is 0 Å². The molecule has 0 saturated carbocycles. The van der Waals surface area contributed by atoms with Crippen molar-refractivity contribution in [3.05, 3.63) is 0 Å². The maximum atomic E-state index is 11.6. The molecule has 0 rings (SSSR count). The van der Waals surface area contributed by atoms with Crippen molar-refractivity contribution in [1.29, 1.82) is 0 Å². The molecule has 13 heavy (non-hydrogen) atoms. The van der Waals surface area contributed by atoms with Gasteiger partial charge in [-0.2, -0.15) is 21.6 Å². The van der Waals surface area contributed by atoms with Crippen LogP contribution in [0, 0.1) is 0 Å². The predicted molar refractivity (Wildman–Crippen MR) is 40.9 cm³/mol. The molecule has 0 heterocycles. The van der Waals surface area contributed by atoms with Gasteiger partial charge in [-0.15, -0.1) is 0 Å². The van der Waals surface area contributed by atoms with Gasteiger partial charge in [0.05, 0.1) is 5.25 Å². The first kappa shape index (κ1) is 12.7. The SMILES string of the molecule is CC(CCCC(F)(F)F)S(=O)(=O)O. The smallest absolute Gasteiger partial charge is 0.285 e. The van der Waals surface area contributed by atoms with Crippen LogP contribution in [0.5, 0.6) is 0 Å². The van der Waals surface area contributed by atoms with Crippen LogP contribution >= 0.6 is 0 Å². The molecule has 0 aliphatic carbocycles. The highest BCUT2D eigenvalue weighted by Gasteiger charge is 2.27. The Morgan fingerprint density at radius 3 is 2.15 bits per heavy atom. The number of rotatable bonds is 4. The third kappa shape index (κ3) is 6.83. The topological polar surface area (TPSA) is 54.4 Å². The summed E-state index contributed by atoms with van der Waals surface area (Å²) in [6.07, 6.45) is -5.76. The van der Waals surface area contributed by atoms with Crippen molar-refractivity contribution in [3.8, 4) is 0 Å². The maximum Gasteiger partial charge on any atom is 0.389 e. The minimum Gasteiger partial charge on any atom is -0.285 e. The van der Waals surface area contributed by atoms with E-state index in [2.05, 4.69) is 0 Å². The molecule has 1 unspecified atom stereocenters. The van der Waals surface area contributed by atoms with Gasteiger partial charge in [0.1, 0.15) is 0 Å². The first-order valence-electron chi connectivity index (χ1n) is 3.66. The van der Waals surface area contributed by atoms with E-state index in [9.17, 15) is 21.6 Å². The lowest BCUT2D eigenvalue weighted by atomic mass is 10.2. The lowest BCUT2D eigenvalue weighted by molar-refractivity contribution is -0.135. The van der Waals surface area contributed by atoms with Crippen LogP contribution in [0.15, 0.2) is 0 Å². The highest BCUT2D eigenvalue weighted by atomic mass is 32.2. The van der Waals surface area contributed by atoms with Gasteiger partial charge in [0.25, 0.3) is 10.1 Å². The summed E-state index contributed by atoms with van der Waals surface area (Å²) in [6.45, 7) is 1.17. The molecule has 0 saturated heterocycles. The van der Waals surface area contributed by atoms with Crippen LogP contribution in [0.1, 0.15) is 26.2 Å². The predicted octanol–water partition coefficient (Wildman–Crippen LogP) is 2.00. The molecule has 0 aromatic rings. The Hall–Kier alpha value is -0.300. The number of hydrogen-bond donors (Lipinski definition) is 1. The fourth-order valence-electron chi connectivity index (χ4n) is 0.739. The zero-order valence-electron chi connectivity index (χ0n) is 7.00. The number of alkyl halides is 3. The summed E-state index contributed by atoms with van der Waals surface area (Å²) < 4.78 is 63.9. The van der Waals surface area contributed by atoms with Crippen LogP contribution < -0.4 is 0 Å². The molecule has 1 atom stereocenters. The van der Waals surface area contributed by atoms with Gasteiger partial charge in [-0.1, -0.05) is 0 Å². The Morgan fingerprint density at radius 1 is 1.38 bits per heavy atom. The van der Waals surface area contributed by atoms with Crippen molar-refractivity contribution in [1.82, 2.24) is 0 Å². The summed E-state index contributed by atoms with van der Waals surface area (Å²) in [5.74, 6) is 0. The van der Waals surface area contributed by atoms with Gasteiger partial charge in [-0.3, -0.25) is 4.55 Å². The van der Waals surface area contributed by atoms with E-state index < -0.39 is 28.0 Å². The third-order valence-electron chi connectivity index (χ3n) is 1.58. The minimum atomic E-state index is -4.26. The quantitative estimate of drug-likeness (QED) is 0.737. The molecule has 80 valence electrons. The summed E-state index contributed by atoms with van der Waals surface area (Å²) >= 11 is 0. The average molecular weight is 220 g/mol. The molecular formula is C6H11F3O3S. The molecule has 0 aromatic carbocycles. The van der Waals surface area contributed by atoms with Crippen molar-refractivity contribution < 1.29 is 26.1 Å². The molecule has 0 radical (unpaired) electrons. The van der Waals surface area contributed by atoms with E-state index in [1.165, 1.54) is 6.92 Å². The van der Waals surface area contributed by atoms with Crippen LogP contribution in [0.3, 0.4) is 0 Å². The zero-order chi connectivity index (χ0) is 10.7. The normalized spacial score (nSPS) is 15.8. The molecule has 0 bridgehead atoms. The molecular weight excluding hydrogens is 209 g/mol. The van der Waals surface area contributed by atoms with Gasteiger partial charge in [-0.05, 0) is 19.8 Å². The standard InChI is InChI=1S/C6H11F3O3S/c1-5(13(10,11)12)3-2-4-6(7,8)9/h5H,2-4H2,1H3,(H,10,11,12). The fraction of sp³-hybridized carbons (Fsp3) is 1.00. The second-order valence-electron chi connectivity index (χ2n) is 2.83. The first-order valence-corrected chi connectivity index (χ1v) is 5.16. The molecule has 0 amide bonds. The van der Waals surface area contributed by atoms with Crippen LogP contribution in [0.25, 0.3) is 0 Å². The van der Waals surface area contributed by atoms with E-state index in [4.69, 9.17) is 4.55 Å². The summed E-state index contributed by atoms with van der Waals surface area (Å²) in [7, 11) is -4.19. The molecule has 7 heteroatoms. The van der Waals surface area contributed by atoms with Crippen LogP contribution in [0.4, 0.5) is 13.2 Å². The fourth-order valence-corrected chi connectivity index (χ4v) is 1.20. The van der Waals surface area contributed by atoms with E-state index in [0.717, 1.165) is 0 Å². The van der Waals surface area contributed by atoms with Crippen molar-refractivity contribution in [2.75, 3.05) is 0 Å². The third-order valence-corrected chi connectivity index (χ3v) is 2.83. The van der Waals surface area contributed by atoms with Gasteiger partial charge in [-0.25, -0.2) is 0 Å². The van der Waals surface area contributed by atoms with Gasteiger partial charge >= 0.3 is 6.18 Å². The minimum absolute atomic E-state index is 0.182. The Bertz CT molecular complexity index is 244. The van der Waals surface area contributed by atoms with Gasteiger partial charge in [0.15, 0.2) is 0 Å².